The van der Waals surface area contributed by atoms with Gasteiger partial charge >= 0.3 is 0 Å². The van der Waals surface area contributed by atoms with Gasteiger partial charge in [0, 0.05) is 13.1 Å². The highest BCUT2D eigenvalue weighted by molar-refractivity contribution is 7.99. The molecule has 1 amide bonds. The number of hydrogen-bond donors (Lipinski definition) is 1. The number of thioether (sulfide) groups is 1. The summed E-state index contributed by atoms with van der Waals surface area (Å²) in [6.07, 6.45) is 0. The molecule has 0 radical (unpaired) electrons. The Hall–Kier alpha value is -1.82. The molecule has 0 aliphatic heterocycles. The van der Waals surface area contributed by atoms with Crippen molar-refractivity contribution in [2.24, 2.45) is 0 Å². The van der Waals surface area contributed by atoms with E-state index in [4.69, 9.17) is 0 Å². The zero-order valence-electron chi connectivity index (χ0n) is 11.7. The lowest BCUT2D eigenvalue weighted by atomic mass is 10.2. The van der Waals surface area contributed by atoms with Crippen molar-refractivity contribution in [3.63, 3.8) is 0 Å². The maximum absolute atomic E-state index is 12.5. The fraction of sp³-hybridized carbons (Fsp3) is 0.357. The molecule has 5 nitrogen and oxygen atoms in total. The molecule has 1 aromatic carbocycles. The van der Waals surface area contributed by atoms with Gasteiger partial charge in [0.2, 0.25) is 5.91 Å². The first-order chi connectivity index (χ1) is 9.54. The molecule has 106 valence electrons. The SMILES string of the molecule is CNC(=O)CSc1nc2ccccc2c(=O)n1C(C)C. The summed E-state index contributed by atoms with van der Waals surface area (Å²) in [7, 11) is 1.59. The lowest BCUT2D eigenvalue weighted by molar-refractivity contribution is -0.118. The standard InChI is InChI=1S/C14H17N3O2S/c1-9(2)17-13(19)10-6-4-5-7-11(10)16-14(17)20-8-12(18)15-3/h4-7,9H,8H2,1-3H3,(H,15,18). The first-order valence-corrected chi connectivity index (χ1v) is 7.37. The van der Waals surface area contributed by atoms with Crippen LogP contribution in [0, 0.1) is 0 Å². The number of nitrogens with one attached hydrogen (secondary N) is 1. The molecule has 1 aromatic heterocycles. The van der Waals surface area contributed by atoms with Gasteiger partial charge in [-0.25, -0.2) is 4.98 Å². The van der Waals surface area contributed by atoms with Crippen molar-refractivity contribution in [1.82, 2.24) is 14.9 Å². The normalized spacial score (nSPS) is 11.0. The minimum Gasteiger partial charge on any atom is -0.358 e. The van der Waals surface area contributed by atoms with Crippen LogP contribution in [0.3, 0.4) is 0 Å². The number of aromatic nitrogens is 2. The maximum atomic E-state index is 12.5. The quantitative estimate of drug-likeness (QED) is 0.689. The Labute approximate surface area is 121 Å². The van der Waals surface area contributed by atoms with Crippen LogP contribution in [0.5, 0.6) is 0 Å². The highest BCUT2D eigenvalue weighted by Crippen LogP contribution is 2.20. The molecule has 0 spiro atoms. The average molecular weight is 291 g/mol. The first-order valence-electron chi connectivity index (χ1n) is 6.39. The summed E-state index contributed by atoms with van der Waals surface area (Å²) in [6.45, 7) is 3.86. The van der Waals surface area contributed by atoms with Crippen molar-refractivity contribution in [3.05, 3.63) is 34.6 Å². The van der Waals surface area contributed by atoms with Crippen molar-refractivity contribution in [2.45, 2.75) is 25.0 Å². The van der Waals surface area contributed by atoms with E-state index in [1.165, 1.54) is 11.8 Å². The molecule has 6 heteroatoms. The van der Waals surface area contributed by atoms with Crippen molar-refractivity contribution >= 4 is 28.6 Å². The summed E-state index contributed by atoms with van der Waals surface area (Å²) in [5, 5.41) is 3.74. The van der Waals surface area contributed by atoms with E-state index in [1.807, 2.05) is 32.0 Å². The minimum absolute atomic E-state index is 0.00760. The number of rotatable bonds is 4. The average Bonchev–Trinajstić information content (AvgIpc) is 2.44. The summed E-state index contributed by atoms with van der Waals surface area (Å²) < 4.78 is 1.63. The molecule has 0 unspecified atom stereocenters. The molecule has 0 aliphatic carbocycles. The zero-order chi connectivity index (χ0) is 14.7. The highest BCUT2D eigenvalue weighted by Gasteiger charge is 2.14. The van der Waals surface area contributed by atoms with Crippen LogP contribution in [0.25, 0.3) is 10.9 Å². The Morgan fingerprint density at radius 1 is 1.40 bits per heavy atom. The summed E-state index contributed by atoms with van der Waals surface area (Å²) in [5.41, 5.74) is 0.596. The second-order valence-electron chi connectivity index (χ2n) is 4.64. The van der Waals surface area contributed by atoms with Gasteiger partial charge in [0.15, 0.2) is 5.16 Å². The number of nitrogens with zero attached hydrogens (tertiary/aromatic N) is 2. The zero-order valence-corrected chi connectivity index (χ0v) is 12.5. The molecular formula is C14H17N3O2S. The van der Waals surface area contributed by atoms with E-state index in [1.54, 1.807) is 17.7 Å². The number of carbonyl (C=O) groups is 1. The lowest BCUT2D eigenvalue weighted by Crippen LogP contribution is -2.26. The molecule has 1 heterocycles. The van der Waals surface area contributed by atoms with E-state index in [2.05, 4.69) is 10.3 Å². The molecular weight excluding hydrogens is 274 g/mol. The van der Waals surface area contributed by atoms with Crippen molar-refractivity contribution in [3.8, 4) is 0 Å². The fourth-order valence-corrected chi connectivity index (χ4v) is 2.89. The van der Waals surface area contributed by atoms with E-state index in [9.17, 15) is 9.59 Å². The largest absolute Gasteiger partial charge is 0.358 e. The van der Waals surface area contributed by atoms with Crippen LogP contribution >= 0.6 is 11.8 Å². The Balaban J connectivity index is 2.54. The predicted octanol–water partition coefficient (Wildman–Crippen LogP) is 1.82. The number of para-hydroxylation sites is 1. The lowest BCUT2D eigenvalue weighted by Gasteiger charge is -2.15. The smallest absolute Gasteiger partial charge is 0.262 e. The van der Waals surface area contributed by atoms with Crippen LogP contribution in [0.4, 0.5) is 0 Å². The van der Waals surface area contributed by atoms with Crippen LogP contribution in [0.2, 0.25) is 0 Å². The highest BCUT2D eigenvalue weighted by atomic mass is 32.2. The molecule has 0 aliphatic rings. The van der Waals surface area contributed by atoms with E-state index in [0.29, 0.717) is 16.1 Å². The first kappa shape index (κ1) is 14.6. The van der Waals surface area contributed by atoms with Crippen LogP contribution in [-0.4, -0.2) is 28.3 Å². The van der Waals surface area contributed by atoms with Crippen molar-refractivity contribution in [2.75, 3.05) is 12.8 Å². The summed E-state index contributed by atoms with van der Waals surface area (Å²) >= 11 is 1.28. The van der Waals surface area contributed by atoms with Crippen molar-refractivity contribution < 1.29 is 4.79 Å². The number of hydrogen-bond acceptors (Lipinski definition) is 4. The van der Waals surface area contributed by atoms with Gasteiger partial charge in [-0.3, -0.25) is 14.2 Å². The van der Waals surface area contributed by atoms with Gasteiger partial charge in [0.05, 0.1) is 16.7 Å². The van der Waals surface area contributed by atoms with Gasteiger partial charge in [-0.05, 0) is 26.0 Å². The number of carbonyl (C=O) groups excluding carboxylic acids is 1. The molecule has 0 saturated heterocycles. The fourth-order valence-electron chi connectivity index (χ4n) is 1.88. The van der Waals surface area contributed by atoms with E-state index >= 15 is 0 Å². The molecule has 20 heavy (non-hydrogen) atoms. The van der Waals surface area contributed by atoms with Gasteiger partial charge < -0.3 is 5.32 Å². The van der Waals surface area contributed by atoms with Gasteiger partial charge in [-0.2, -0.15) is 0 Å². The molecule has 2 rings (SSSR count). The van der Waals surface area contributed by atoms with Gasteiger partial charge in [0.25, 0.3) is 5.56 Å². The van der Waals surface area contributed by atoms with E-state index in [-0.39, 0.29) is 23.3 Å². The molecule has 0 bridgehead atoms. The second kappa shape index (κ2) is 6.09. The monoisotopic (exact) mass is 291 g/mol. The summed E-state index contributed by atoms with van der Waals surface area (Å²) in [4.78, 5) is 28.4. The Kier molecular flexibility index (Phi) is 4.44. The van der Waals surface area contributed by atoms with Crippen LogP contribution < -0.4 is 10.9 Å². The van der Waals surface area contributed by atoms with E-state index < -0.39 is 0 Å². The van der Waals surface area contributed by atoms with Crippen LogP contribution in [-0.2, 0) is 4.79 Å². The minimum atomic E-state index is -0.0901. The summed E-state index contributed by atoms with van der Waals surface area (Å²) in [6, 6.07) is 7.25. The summed E-state index contributed by atoms with van der Waals surface area (Å²) in [5.74, 6) is 0.154. The Morgan fingerprint density at radius 2 is 2.10 bits per heavy atom. The van der Waals surface area contributed by atoms with Gasteiger partial charge in [-0.15, -0.1) is 0 Å². The molecule has 0 saturated carbocycles. The van der Waals surface area contributed by atoms with Gasteiger partial charge in [0.1, 0.15) is 0 Å². The Bertz CT molecular complexity index is 694. The molecule has 0 fully saturated rings. The third kappa shape index (κ3) is 2.85. The maximum Gasteiger partial charge on any atom is 0.262 e. The third-order valence-corrected chi connectivity index (χ3v) is 3.86. The van der Waals surface area contributed by atoms with E-state index in [0.717, 1.165) is 0 Å². The second-order valence-corrected chi connectivity index (χ2v) is 5.58. The third-order valence-electron chi connectivity index (χ3n) is 2.90. The van der Waals surface area contributed by atoms with Crippen LogP contribution in [0.15, 0.2) is 34.2 Å². The Morgan fingerprint density at radius 3 is 2.75 bits per heavy atom. The molecule has 1 N–H and O–H groups in total. The van der Waals surface area contributed by atoms with Crippen LogP contribution in [0.1, 0.15) is 19.9 Å². The number of benzene rings is 1. The molecule has 0 atom stereocenters. The topological polar surface area (TPSA) is 64.0 Å². The predicted molar refractivity (Wildman–Crippen MR) is 81.2 cm³/mol. The van der Waals surface area contributed by atoms with Crippen molar-refractivity contribution in [1.29, 1.82) is 0 Å². The van der Waals surface area contributed by atoms with Gasteiger partial charge in [-0.1, -0.05) is 23.9 Å². The number of amides is 1. The number of fused-ring (bicyclic) bond motifs is 1. The molecule has 2 aromatic rings.